The van der Waals surface area contributed by atoms with Gasteiger partial charge in [-0.2, -0.15) is 4.98 Å². The number of nitrogens with one attached hydrogen (secondary N) is 2. The second-order valence-corrected chi connectivity index (χ2v) is 8.51. The molecule has 0 saturated heterocycles. The number of hydrogen-bond donors (Lipinski definition) is 2. The Morgan fingerprint density at radius 1 is 1.28 bits per heavy atom. The number of rotatable bonds is 9. The van der Waals surface area contributed by atoms with Gasteiger partial charge < -0.3 is 10.2 Å². The second-order valence-electron chi connectivity index (χ2n) is 7.54. The van der Waals surface area contributed by atoms with Gasteiger partial charge in [-0.05, 0) is 57.7 Å². The summed E-state index contributed by atoms with van der Waals surface area (Å²) in [6.45, 7) is 10.1. The summed E-state index contributed by atoms with van der Waals surface area (Å²) in [4.78, 5) is 30.9. The third-order valence-corrected chi connectivity index (χ3v) is 6.55. The molecule has 1 aliphatic carbocycles. The van der Waals surface area contributed by atoms with Crippen LogP contribution < -0.4 is 15.9 Å². The summed E-state index contributed by atoms with van der Waals surface area (Å²) < 4.78 is 1.87. The fraction of sp³-hybridized carbons (Fsp3) is 0.500. The standard InChI is InChI=1S/C22H30N4O2S/c1-4-25(5-2)12-13-26-19-11-7-10-18(19)21(24-22(26)28)29-15-20(27)23-17-9-6-8-16(3)14-17/h6,8-9,14H,4-5,7,10-13,15H2,1-3H3,(H,23,27)/p+1. The average Bonchev–Trinajstić information content (AvgIpc) is 3.18. The maximum absolute atomic E-state index is 12.7. The molecule has 0 saturated carbocycles. The van der Waals surface area contributed by atoms with Crippen LogP contribution in [0.3, 0.4) is 0 Å². The SMILES string of the molecule is CC[NH+](CC)CCn1c2c(c(SCC(=O)Nc3cccc(C)c3)nc1=O)CCC2. The van der Waals surface area contributed by atoms with Gasteiger partial charge in [-0.25, -0.2) is 4.79 Å². The third-order valence-electron chi connectivity index (χ3n) is 5.53. The van der Waals surface area contributed by atoms with Crippen LogP contribution in [0.5, 0.6) is 0 Å². The number of anilines is 1. The summed E-state index contributed by atoms with van der Waals surface area (Å²) in [7, 11) is 0. The Labute approximate surface area is 176 Å². The number of thioether (sulfide) groups is 1. The normalized spacial score (nSPS) is 13.0. The second kappa shape index (κ2) is 10.1. The van der Waals surface area contributed by atoms with Crippen LogP contribution in [0.1, 0.15) is 37.1 Å². The van der Waals surface area contributed by atoms with Crippen molar-refractivity contribution in [2.75, 3.05) is 30.7 Å². The first kappa shape index (κ1) is 21.6. The van der Waals surface area contributed by atoms with Crippen molar-refractivity contribution in [3.8, 4) is 0 Å². The number of carbonyl (C=O) groups excluding carboxylic acids is 1. The number of likely N-dealkylation sites (N-methyl/N-ethyl adjacent to an activating group) is 1. The summed E-state index contributed by atoms with van der Waals surface area (Å²) >= 11 is 1.37. The predicted octanol–water partition coefficient (Wildman–Crippen LogP) is 1.70. The van der Waals surface area contributed by atoms with Gasteiger partial charge in [0.25, 0.3) is 0 Å². The van der Waals surface area contributed by atoms with Crippen molar-refractivity contribution in [1.82, 2.24) is 9.55 Å². The van der Waals surface area contributed by atoms with Crippen LogP contribution in [-0.4, -0.2) is 40.8 Å². The van der Waals surface area contributed by atoms with Crippen molar-refractivity contribution in [2.24, 2.45) is 0 Å². The van der Waals surface area contributed by atoms with Crippen molar-refractivity contribution >= 4 is 23.4 Å². The van der Waals surface area contributed by atoms with E-state index in [4.69, 9.17) is 0 Å². The Kier molecular flexibility index (Phi) is 7.50. The van der Waals surface area contributed by atoms with E-state index in [1.54, 1.807) is 0 Å². The minimum absolute atomic E-state index is 0.0801. The van der Waals surface area contributed by atoms with Crippen LogP contribution in [-0.2, 0) is 24.2 Å². The monoisotopic (exact) mass is 415 g/mol. The molecular weight excluding hydrogens is 384 g/mol. The van der Waals surface area contributed by atoms with Crippen molar-refractivity contribution in [3.63, 3.8) is 0 Å². The molecule has 2 N–H and O–H groups in total. The van der Waals surface area contributed by atoms with Crippen LogP contribution in [0.4, 0.5) is 5.69 Å². The van der Waals surface area contributed by atoms with Crippen LogP contribution in [0.2, 0.25) is 0 Å². The Bertz CT molecular complexity index is 922. The molecule has 0 fully saturated rings. The highest BCUT2D eigenvalue weighted by Crippen LogP contribution is 2.29. The van der Waals surface area contributed by atoms with E-state index >= 15 is 0 Å². The maximum atomic E-state index is 12.7. The van der Waals surface area contributed by atoms with Crippen molar-refractivity contribution in [2.45, 2.75) is 51.6 Å². The summed E-state index contributed by atoms with van der Waals surface area (Å²) in [6, 6.07) is 7.74. The van der Waals surface area contributed by atoms with Gasteiger partial charge in [-0.3, -0.25) is 9.36 Å². The average molecular weight is 416 g/mol. The summed E-state index contributed by atoms with van der Waals surface area (Å²) in [5, 5.41) is 3.65. The van der Waals surface area contributed by atoms with Crippen molar-refractivity contribution in [1.29, 1.82) is 0 Å². The smallest absolute Gasteiger partial charge is 0.334 e. The molecule has 3 rings (SSSR count). The summed E-state index contributed by atoms with van der Waals surface area (Å²) in [5.74, 6) is 0.170. The highest BCUT2D eigenvalue weighted by molar-refractivity contribution is 8.00. The first-order valence-corrected chi connectivity index (χ1v) is 11.5. The molecule has 1 amide bonds. The molecule has 1 heterocycles. The fourth-order valence-corrected chi connectivity index (χ4v) is 4.74. The molecule has 0 unspecified atom stereocenters. The molecular formula is C22H31N4O2S+. The zero-order chi connectivity index (χ0) is 20.8. The highest BCUT2D eigenvalue weighted by atomic mass is 32.2. The lowest BCUT2D eigenvalue weighted by Crippen LogP contribution is -3.11. The minimum atomic E-state index is -0.182. The van der Waals surface area contributed by atoms with E-state index < -0.39 is 0 Å². The van der Waals surface area contributed by atoms with Crippen LogP contribution >= 0.6 is 11.8 Å². The van der Waals surface area contributed by atoms with Gasteiger partial charge in [0.2, 0.25) is 5.91 Å². The molecule has 0 radical (unpaired) electrons. The van der Waals surface area contributed by atoms with Gasteiger partial charge in [-0.1, -0.05) is 23.9 Å². The number of quaternary nitrogens is 1. The van der Waals surface area contributed by atoms with Crippen LogP contribution in [0.25, 0.3) is 0 Å². The van der Waals surface area contributed by atoms with E-state index in [1.807, 2.05) is 35.8 Å². The van der Waals surface area contributed by atoms with Gasteiger partial charge in [-0.15, -0.1) is 0 Å². The molecule has 1 aromatic heterocycles. The van der Waals surface area contributed by atoms with Crippen LogP contribution in [0.15, 0.2) is 34.1 Å². The molecule has 2 aromatic rings. The molecule has 6 nitrogen and oxygen atoms in total. The van der Waals surface area contributed by atoms with Gasteiger partial charge in [0.15, 0.2) is 0 Å². The third kappa shape index (κ3) is 5.48. The zero-order valence-electron chi connectivity index (χ0n) is 17.6. The van der Waals surface area contributed by atoms with Gasteiger partial charge in [0, 0.05) is 16.9 Å². The highest BCUT2D eigenvalue weighted by Gasteiger charge is 2.23. The van der Waals surface area contributed by atoms with Crippen molar-refractivity contribution in [3.05, 3.63) is 51.6 Å². The maximum Gasteiger partial charge on any atom is 0.349 e. The Morgan fingerprint density at radius 3 is 2.79 bits per heavy atom. The number of amides is 1. The molecule has 156 valence electrons. The molecule has 29 heavy (non-hydrogen) atoms. The number of carbonyl (C=O) groups is 1. The number of benzene rings is 1. The minimum Gasteiger partial charge on any atom is -0.334 e. The fourth-order valence-electron chi connectivity index (χ4n) is 3.86. The van der Waals surface area contributed by atoms with Gasteiger partial charge >= 0.3 is 5.69 Å². The molecule has 1 aromatic carbocycles. The van der Waals surface area contributed by atoms with Crippen LogP contribution in [0, 0.1) is 6.92 Å². The number of fused-ring (bicyclic) bond motifs is 1. The predicted molar refractivity (Wildman–Crippen MR) is 118 cm³/mol. The van der Waals surface area contributed by atoms with E-state index in [9.17, 15) is 9.59 Å². The lowest BCUT2D eigenvalue weighted by molar-refractivity contribution is -0.897. The number of hydrogen-bond acceptors (Lipinski definition) is 4. The lowest BCUT2D eigenvalue weighted by Gasteiger charge is -2.18. The molecule has 0 aliphatic heterocycles. The molecule has 0 bridgehead atoms. The summed E-state index contributed by atoms with van der Waals surface area (Å²) in [6.07, 6.45) is 2.90. The largest absolute Gasteiger partial charge is 0.349 e. The quantitative estimate of drug-likeness (QED) is 0.483. The topological polar surface area (TPSA) is 68.4 Å². The summed E-state index contributed by atoms with van der Waals surface area (Å²) in [5.41, 5.74) is 4.00. The van der Waals surface area contributed by atoms with E-state index in [0.717, 1.165) is 66.4 Å². The van der Waals surface area contributed by atoms with E-state index in [2.05, 4.69) is 24.1 Å². The van der Waals surface area contributed by atoms with Gasteiger partial charge in [0.1, 0.15) is 5.03 Å². The first-order chi connectivity index (χ1) is 14.0. The molecule has 0 spiro atoms. The number of aryl methyl sites for hydroxylation is 1. The first-order valence-electron chi connectivity index (χ1n) is 10.5. The van der Waals surface area contributed by atoms with E-state index in [-0.39, 0.29) is 17.3 Å². The number of nitrogens with zero attached hydrogens (tertiary/aromatic N) is 2. The van der Waals surface area contributed by atoms with E-state index in [0.29, 0.717) is 6.54 Å². The zero-order valence-corrected chi connectivity index (χ0v) is 18.4. The van der Waals surface area contributed by atoms with E-state index in [1.165, 1.54) is 16.7 Å². The Hall–Kier alpha value is -2.12. The Morgan fingerprint density at radius 2 is 2.07 bits per heavy atom. The van der Waals surface area contributed by atoms with Gasteiger partial charge in [0.05, 0.1) is 31.9 Å². The number of aromatic nitrogens is 2. The molecule has 1 aliphatic rings. The molecule has 0 atom stereocenters. The Balaban J connectivity index is 1.69. The lowest BCUT2D eigenvalue weighted by atomic mass is 10.2. The molecule has 7 heteroatoms. The van der Waals surface area contributed by atoms with Crippen molar-refractivity contribution < 1.29 is 9.69 Å².